The van der Waals surface area contributed by atoms with E-state index in [-0.39, 0.29) is 51.9 Å². The number of nitrogens with one attached hydrogen (secondary N) is 2. The molecule has 0 bridgehead atoms. The van der Waals surface area contributed by atoms with E-state index in [1.54, 1.807) is 12.1 Å². The van der Waals surface area contributed by atoms with Crippen molar-refractivity contribution in [3.05, 3.63) is 29.8 Å². The minimum Gasteiger partial charge on any atom is -0.490 e. The maximum absolute atomic E-state index is 12.0. The molecule has 14 nitrogen and oxygen atoms in total. The lowest BCUT2D eigenvalue weighted by molar-refractivity contribution is -0.148. The summed E-state index contributed by atoms with van der Waals surface area (Å²) in [4.78, 5) is 70.7. The number of carbonyl (C=O) groups excluding carboxylic acids is 6. The van der Waals surface area contributed by atoms with Crippen LogP contribution in [0.2, 0.25) is 0 Å². The average Bonchev–Trinajstić information content (AvgIpc) is 2.95. The van der Waals surface area contributed by atoms with Gasteiger partial charge in [-0.15, -0.1) is 0 Å². The van der Waals surface area contributed by atoms with E-state index in [4.69, 9.17) is 23.7 Å². The number of hydrogen-bond acceptors (Lipinski definition) is 12. The topological polar surface area (TPSA) is 193 Å². The lowest BCUT2D eigenvalue weighted by atomic mass is 9.97. The SMILES string of the molecule is COCCOC(=O)CCCCCOC(=O)CC(=O)NCCNC(=O)CC(=O)OCCOc1ccc(C(=O)C(C)(C)O)cc1. The molecule has 0 atom stereocenters. The van der Waals surface area contributed by atoms with E-state index in [0.29, 0.717) is 37.2 Å². The van der Waals surface area contributed by atoms with E-state index in [9.17, 15) is 33.9 Å². The van der Waals surface area contributed by atoms with E-state index in [1.807, 2.05) is 0 Å². The number of hydrogen-bond donors (Lipinski definition) is 3. The summed E-state index contributed by atoms with van der Waals surface area (Å²) in [7, 11) is 1.51. The van der Waals surface area contributed by atoms with E-state index in [0.717, 1.165) is 0 Å². The van der Waals surface area contributed by atoms with Crippen molar-refractivity contribution >= 4 is 35.5 Å². The molecule has 0 aliphatic carbocycles. The Kier molecular flexibility index (Phi) is 17.9. The molecule has 0 spiro atoms. The predicted molar refractivity (Wildman–Crippen MR) is 151 cm³/mol. The van der Waals surface area contributed by atoms with Crippen molar-refractivity contribution in [2.75, 3.05) is 53.2 Å². The van der Waals surface area contributed by atoms with Crippen LogP contribution in [-0.4, -0.2) is 99.4 Å². The van der Waals surface area contributed by atoms with Crippen molar-refractivity contribution < 1.29 is 57.6 Å². The van der Waals surface area contributed by atoms with Gasteiger partial charge in [-0.1, -0.05) is 0 Å². The minimum atomic E-state index is -1.49. The zero-order chi connectivity index (χ0) is 32.1. The number of unbranched alkanes of at least 4 members (excludes halogenated alkanes) is 2. The zero-order valence-corrected chi connectivity index (χ0v) is 24.9. The molecule has 0 aliphatic rings. The zero-order valence-electron chi connectivity index (χ0n) is 24.9. The van der Waals surface area contributed by atoms with Crippen LogP contribution in [0.3, 0.4) is 0 Å². The molecular weight excluding hydrogens is 568 g/mol. The van der Waals surface area contributed by atoms with Crippen LogP contribution in [0.25, 0.3) is 0 Å². The summed E-state index contributed by atoms with van der Waals surface area (Å²) in [6.07, 6.45) is 1.06. The van der Waals surface area contributed by atoms with Crippen LogP contribution in [0.4, 0.5) is 0 Å². The molecule has 1 aromatic carbocycles. The van der Waals surface area contributed by atoms with Crippen molar-refractivity contribution in [1.82, 2.24) is 10.6 Å². The van der Waals surface area contributed by atoms with Gasteiger partial charge < -0.3 is 39.4 Å². The number of ether oxygens (including phenoxy) is 5. The minimum absolute atomic E-state index is 0.0206. The molecule has 0 aliphatic heterocycles. The third kappa shape index (κ3) is 18.2. The highest BCUT2D eigenvalue weighted by Crippen LogP contribution is 2.17. The van der Waals surface area contributed by atoms with E-state index >= 15 is 0 Å². The predicted octanol–water partition coefficient (Wildman–Crippen LogP) is 0.868. The van der Waals surface area contributed by atoms with Crippen LogP contribution < -0.4 is 15.4 Å². The quantitative estimate of drug-likeness (QED) is 0.0552. The van der Waals surface area contributed by atoms with Crippen LogP contribution in [-0.2, 0) is 42.9 Å². The van der Waals surface area contributed by atoms with Crippen LogP contribution in [0.15, 0.2) is 24.3 Å². The first-order chi connectivity index (χ1) is 20.4. The van der Waals surface area contributed by atoms with Crippen molar-refractivity contribution in [3.63, 3.8) is 0 Å². The van der Waals surface area contributed by atoms with Crippen LogP contribution in [0.5, 0.6) is 5.75 Å². The average molecular weight is 611 g/mol. The fourth-order valence-corrected chi connectivity index (χ4v) is 3.31. The molecule has 0 aromatic heterocycles. The first kappa shape index (κ1) is 37.0. The smallest absolute Gasteiger partial charge is 0.315 e. The Labute approximate surface area is 250 Å². The maximum atomic E-state index is 12.0. The molecule has 240 valence electrons. The molecule has 2 amide bonds. The molecule has 3 N–H and O–H groups in total. The molecule has 0 saturated carbocycles. The molecule has 14 heteroatoms. The van der Waals surface area contributed by atoms with Gasteiger partial charge in [0.1, 0.15) is 44.0 Å². The van der Waals surface area contributed by atoms with E-state index < -0.39 is 48.0 Å². The van der Waals surface area contributed by atoms with Crippen LogP contribution >= 0.6 is 0 Å². The summed E-state index contributed by atoms with van der Waals surface area (Å²) >= 11 is 0. The highest BCUT2D eigenvalue weighted by Gasteiger charge is 2.25. The number of ketones is 1. The number of Topliss-reactive ketones (excluding diaryl/α,β-unsaturated/α-hetero) is 1. The number of benzene rings is 1. The highest BCUT2D eigenvalue weighted by molar-refractivity contribution is 6.01. The second-order valence-electron chi connectivity index (χ2n) is 9.78. The number of aliphatic hydroxyl groups is 1. The Balaban J connectivity index is 2.06. The third-order valence-electron chi connectivity index (χ3n) is 5.51. The largest absolute Gasteiger partial charge is 0.490 e. The van der Waals surface area contributed by atoms with Crippen molar-refractivity contribution in [3.8, 4) is 5.75 Å². The summed E-state index contributed by atoms with van der Waals surface area (Å²) in [5, 5.41) is 14.7. The van der Waals surface area contributed by atoms with Gasteiger partial charge in [0.25, 0.3) is 0 Å². The van der Waals surface area contributed by atoms with Gasteiger partial charge in [0.15, 0.2) is 5.78 Å². The summed E-state index contributed by atoms with van der Waals surface area (Å²) < 4.78 is 25.1. The highest BCUT2D eigenvalue weighted by atomic mass is 16.6. The van der Waals surface area contributed by atoms with Gasteiger partial charge in [0, 0.05) is 32.2 Å². The van der Waals surface area contributed by atoms with Crippen LogP contribution in [0.1, 0.15) is 62.7 Å². The standard InChI is InChI=1S/C29H42N2O12/c1-29(2,38)28(37)21-8-10-22(11-9-21)40-17-18-43-27(36)20-24(33)31-13-12-30-23(32)19-26(35)41-14-6-4-5-7-25(34)42-16-15-39-3/h8-11,38H,4-7,12-20H2,1-3H3,(H,30,32)(H,31,33). The molecule has 43 heavy (non-hydrogen) atoms. The second kappa shape index (κ2) is 20.8. The molecule has 0 fully saturated rings. The van der Waals surface area contributed by atoms with E-state index in [2.05, 4.69) is 10.6 Å². The molecular formula is C29H42N2O12. The van der Waals surface area contributed by atoms with Gasteiger partial charge in [-0.2, -0.15) is 0 Å². The summed E-state index contributed by atoms with van der Waals surface area (Å²) in [6, 6.07) is 6.12. The fraction of sp³-hybridized carbons (Fsp3) is 0.586. The van der Waals surface area contributed by atoms with E-state index in [1.165, 1.54) is 33.1 Å². The van der Waals surface area contributed by atoms with Gasteiger partial charge in [-0.05, 0) is 57.4 Å². The molecule has 1 aromatic rings. The molecule has 0 unspecified atom stereocenters. The van der Waals surface area contributed by atoms with Gasteiger partial charge in [0.2, 0.25) is 11.8 Å². The Morgan fingerprint density at radius 1 is 0.698 bits per heavy atom. The Morgan fingerprint density at radius 3 is 1.79 bits per heavy atom. The van der Waals surface area contributed by atoms with Crippen molar-refractivity contribution in [2.45, 2.75) is 58.0 Å². The first-order valence-corrected chi connectivity index (χ1v) is 13.9. The number of carbonyl (C=O) groups is 6. The molecule has 0 radical (unpaired) electrons. The van der Waals surface area contributed by atoms with Crippen LogP contribution in [0, 0.1) is 0 Å². The molecule has 1 rings (SSSR count). The lowest BCUT2D eigenvalue weighted by Crippen LogP contribution is -2.36. The Morgan fingerprint density at radius 2 is 1.23 bits per heavy atom. The van der Waals surface area contributed by atoms with Crippen molar-refractivity contribution in [2.24, 2.45) is 0 Å². The number of rotatable bonds is 22. The summed E-state index contributed by atoms with van der Waals surface area (Å²) in [6.45, 7) is 3.48. The Hall–Kier alpha value is -4.04. The first-order valence-electron chi connectivity index (χ1n) is 13.9. The monoisotopic (exact) mass is 610 g/mol. The van der Waals surface area contributed by atoms with Gasteiger partial charge in [-0.3, -0.25) is 28.8 Å². The second-order valence-corrected chi connectivity index (χ2v) is 9.78. The maximum Gasteiger partial charge on any atom is 0.315 e. The number of esters is 3. The third-order valence-corrected chi connectivity index (χ3v) is 5.51. The van der Waals surface area contributed by atoms with Gasteiger partial charge in [-0.25, -0.2) is 0 Å². The fourth-order valence-electron chi connectivity index (χ4n) is 3.31. The summed E-state index contributed by atoms with van der Waals surface area (Å²) in [5.41, 5.74) is -1.16. The summed E-state index contributed by atoms with van der Waals surface area (Å²) in [5.74, 6) is -2.93. The van der Waals surface area contributed by atoms with Gasteiger partial charge >= 0.3 is 17.9 Å². The number of amides is 2. The van der Waals surface area contributed by atoms with Crippen molar-refractivity contribution in [1.29, 1.82) is 0 Å². The van der Waals surface area contributed by atoms with Gasteiger partial charge in [0.05, 0.1) is 13.2 Å². The normalized spacial score (nSPS) is 10.8. The Bertz CT molecular complexity index is 1050. The molecule has 0 saturated heterocycles. The molecule has 0 heterocycles. The lowest BCUT2D eigenvalue weighted by Gasteiger charge is -2.15. The number of methoxy groups -OCH3 is 1.